The van der Waals surface area contributed by atoms with Gasteiger partial charge in [-0.25, -0.2) is 4.79 Å². The largest absolute Gasteiger partial charge is 0.464 e. The first-order valence-corrected chi connectivity index (χ1v) is 9.05. The molecule has 3 fully saturated rings. The van der Waals surface area contributed by atoms with E-state index in [1.165, 1.54) is 6.92 Å². The Morgan fingerprint density at radius 1 is 1.28 bits per heavy atom. The lowest BCUT2D eigenvalue weighted by atomic mass is 9.78. The van der Waals surface area contributed by atoms with E-state index in [-0.39, 0.29) is 5.57 Å². The fourth-order valence-corrected chi connectivity index (χ4v) is 3.60. The van der Waals surface area contributed by atoms with Gasteiger partial charge in [-0.3, -0.25) is 14.1 Å². The number of fused-ring (bicyclic) bond motifs is 1. The molecule has 0 amide bonds. The van der Waals surface area contributed by atoms with E-state index >= 15 is 0 Å². The van der Waals surface area contributed by atoms with Gasteiger partial charge in [-0.05, 0) is 6.92 Å². The number of carbonyl (C=O) groups excluding carboxylic acids is 3. The Kier molecular flexibility index (Phi) is 4.33. The summed E-state index contributed by atoms with van der Waals surface area (Å²) >= 11 is 0. The number of rotatable bonds is 6. The Balaban J connectivity index is 1.74. The molecular weight excluding hydrogens is 360 g/mol. The first-order valence-electron chi connectivity index (χ1n) is 7.44. The van der Waals surface area contributed by atoms with E-state index in [9.17, 15) is 22.8 Å². The zero-order chi connectivity index (χ0) is 18.5. The maximum Gasteiger partial charge on any atom is 0.333 e. The second-order valence-electron chi connectivity index (χ2n) is 6.12. The lowest BCUT2D eigenvalue weighted by Gasteiger charge is -2.27. The molecule has 3 aliphatic heterocycles. The van der Waals surface area contributed by atoms with Crippen LogP contribution in [0.3, 0.4) is 0 Å². The topological polar surface area (TPSA) is 142 Å². The van der Waals surface area contributed by atoms with Gasteiger partial charge in [-0.1, -0.05) is 6.58 Å². The normalized spacial score (nSPS) is 35.4. The summed E-state index contributed by atoms with van der Waals surface area (Å²) in [5, 5.41) is 0. The van der Waals surface area contributed by atoms with Gasteiger partial charge in [-0.2, -0.15) is 8.42 Å². The predicted octanol–water partition coefficient (Wildman–Crippen LogP) is -1.16. The van der Waals surface area contributed by atoms with Crippen molar-refractivity contribution in [3.05, 3.63) is 12.2 Å². The Hall–Kier alpha value is -1.98. The molecule has 0 spiro atoms. The number of hydrogen-bond donors (Lipinski definition) is 1. The maximum atomic E-state index is 12.3. The predicted molar refractivity (Wildman–Crippen MR) is 77.6 cm³/mol. The Morgan fingerprint density at radius 3 is 2.56 bits per heavy atom. The summed E-state index contributed by atoms with van der Waals surface area (Å²) < 4.78 is 50.8. The van der Waals surface area contributed by atoms with Crippen molar-refractivity contribution < 1.29 is 46.3 Å². The summed E-state index contributed by atoms with van der Waals surface area (Å²) in [5.41, 5.74) is 0.135. The van der Waals surface area contributed by atoms with Gasteiger partial charge in [0.25, 0.3) is 10.1 Å². The van der Waals surface area contributed by atoms with Crippen LogP contribution in [0.15, 0.2) is 12.2 Å². The Bertz CT molecular complexity index is 741. The number of carbonyl (C=O) groups is 3. The molecule has 0 aromatic carbocycles. The van der Waals surface area contributed by atoms with Crippen LogP contribution in [0.2, 0.25) is 0 Å². The van der Waals surface area contributed by atoms with Crippen LogP contribution in [0.5, 0.6) is 0 Å². The Labute approximate surface area is 142 Å². The van der Waals surface area contributed by atoms with E-state index < -0.39 is 76.6 Å². The van der Waals surface area contributed by atoms with Gasteiger partial charge in [0.15, 0.2) is 12.2 Å². The highest BCUT2D eigenvalue weighted by Gasteiger charge is 2.72. The first-order chi connectivity index (χ1) is 11.6. The molecule has 0 aliphatic carbocycles. The second-order valence-corrected chi connectivity index (χ2v) is 7.69. The van der Waals surface area contributed by atoms with Gasteiger partial charge in [0.2, 0.25) is 0 Å². The molecule has 0 radical (unpaired) electrons. The van der Waals surface area contributed by atoms with Crippen LogP contribution < -0.4 is 0 Å². The van der Waals surface area contributed by atoms with Crippen molar-refractivity contribution in [2.45, 2.75) is 31.3 Å². The van der Waals surface area contributed by atoms with Crippen molar-refractivity contribution in [3.8, 4) is 0 Å². The highest BCUT2D eigenvalue weighted by Crippen LogP contribution is 2.51. The molecule has 10 nitrogen and oxygen atoms in total. The van der Waals surface area contributed by atoms with Gasteiger partial charge in [0.1, 0.15) is 36.4 Å². The van der Waals surface area contributed by atoms with Crippen LogP contribution in [0.25, 0.3) is 0 Å². The van der Waals surface area contributed by atoms with Gasteiger partial charge >= 0.3 is 17.9 Å². The first kappa shape index (κ1) is 17.8. The number of esters is 3. The quantitative estimate of drug-likeness (QED) is 0.261. The van der Waals surface area contributed by atoms with Gasteiger partial charge in [-0.15, -0.1) is 0 Å². The smallest absolute Gasteiger partial charge is 0.333 e. The maximum absolute atomic E-state index is 12.3. The molecule has 25 heavy (non-hydrogen) atoms. The van der Waals surface area contributed by atoms with Gasteiger partial charge in [0.05, 0.1) is 0 Å². The number of hydrogen-bond acceptors (Lipinski definition) is 9. The standard InChI is InChI=1S/C14H16O10S/c1-5(2)12(15)23-10-8-6(13(16)21-3-4-25(18,19)20)7-9(22-8)11(10)24-14(7)17/h6-11H,1,3-4H2,2H3,(H,18,19,20). The summed E-state index contributed by atoms with van der Waals surface area (Å²) in [5.74, 6) is -5.00. The molecule has 0 saturated carbocycles. The molecule has 138 valence electrons. The van der Waals surface area contributed by atoms with Crippen LogP contribution >= 0.6 is 0 Å². The molecule has 11 heteroatoms. The molecule has 0 aromatic heterocycles. The van der Waals surface area contributed by atoms with E-state index in [2.05, 4.69) is 6.58 Å². The molecule has 3 heterocycles. The third kappa shape index (κ3) is 3.14. The van der Waals surface area contributed by atoms with Crippen molar-refractivity contribution in [1.29, 1.82) is 0 Å². The average Bonchev–Trinajstić information content (AvgIpc) is 3.08. The van der Waals surface area contributed by atoms with Crippen molar-refractivity contribution >= 4 is 28.0 Å². The van der Waals surface area contributed by atoms with Gasteiger partial charge < -0.3 is 18.9 Å². The molecule has 6 atom stereocenters. The number of ether oxygens (including phenoxy) is 4. The van der Waals surface area contributed by atoms with Crippen molar-refractivity contribution in [2.24, 2.45) is 11.8 Å². The van der Waals surface area contributed by atoms with Crippen molar-refractivity contribution in [3.63, 3.8) is 0 Å². The van der Waals surface area contributed by atoms with Crippen molar-refractivity contribution in [1.82, 2.24) is 0 Å². The molecule has 3 aliphatic rings. The minimum atomic E-state index is -4.29. The van der Waals surface area contributed by atoms with Gasteiger partial charge in [0, 0.05) is 5.57 Å². The van der Waals surface area contributed by atoms with Crippen LogP contribution in [0, 0.1) is 11.8 Å². The van der Waals surface area contributed by atoms with E-state index in [4.69, 9.17) is 23.5 Å². The summed E-state index contributed by atoms with van der Waals surface area (Å²) in [6, 6.07) is 0. The zero-order valence-electron chi connectivity index (χ0n) is 13.1. The van der Waals surface area contributed by atoms with Crippen LogP contribution in [0.1, 0.15) is 6.92 Å². The van der Waals surface area contributed by atoms with Crippen molar-refractivity contribution in [2.75, 3.05) is 12.4 Å². The summed E-state index contributed by atoms with van der Waals surface area (Å²) in [7, 11) is -4.29. The molecule has 6 unspecified atom stereocenters. The lowest BCUT2D eigenvalue weighted by Crippen LogP contribution is -2.48. The van der Waals surface area contributed by atoms with E-state index in [1.807, 2.05) is 0 Å². The SMILES string of the molecule is C=C(C)C(=O)OC1C2OC(=O)C3C2OC1C3C(=O)OCCS(=O)(=O)O. The summed E-state index contributed by atoms with van der Waals surface area (Å²) in [4.78, 5) is 36.0. The van der Waals surface area contributed by atoms with Crippen LogP contribution in [0.4, 0.5) is 0 Å². The third-order valence-electron chi connectivity index (χ3n) is 4.35. The van der Waals surface area contributed by atoms with E-state index in [0.29, 0.717) is 0 Å². The fraction of sp³-hybridized carbons (Fsp3) is 0.643. The molecule has 1 N–H and O–H groups in total. The van der Waals surface area contributed by atoms with E-state index in [1.54, 1.807) is 0 Å². The molecule has 0 aromatic rings. The minimum absolute atomic E-state index is 0.135. The van der Waals surface area contributed by atoms with Crippen LogP contribution in [-0.2, 0) is 43.4 Å². The zero-order valence-corrected chi connectivity index (χ0v) is 13.9. The monoisotopic (exact) mass is 376 g/mol. The highest BCUT2D eigenvalue weighted by atomic mass is 32.2. The molecular formula is C14H16O10S. The average molecular weight is 376 g/mol. The summed E-state index contributed by atoms with van der Waals surface area (Å²) in [6.07, 6.45) is -3.45. The van der Waals surface area contributed by atoms with Crippen LogP contribution in [-0.4, -0.2) is 67.7 Å². The lowest BCUT2D eigenvalue weighted by molar-refractivity contribution is -0.160. The molecule has 2 bridgehead atoms. The molecule has 3 saturated heterocycles. The minimum Gasteiger partial charge on any atom is -0.464 e. The fourth-order valence-electron chi connectivity index (χ4n) is 3.31. The third-order valence-corrected chi connectivity index (χ3v) is 5.04. The highest BCUT2D eigenvalue weighted by molar-refractivity contribution is 7.85. The summed E-state index contributed by atoms with van der Waals surface area (Å²) in [6.45, 7) is 4.33. The second kappa shape index (κ2) is 6.07. The molecule has 3 rings (SSSR count). The van der Waals surface area contributed by atoms with E-state index in [0.717, 1.165) is 0 Å². The Morgan fingerprint density at radius 2 is 1.96 bits per heavy atom.